The lowest BCUT2D eigenvalue weighted by Crippen LogP contribution is -2.13. The third-order valence-electron chi connectivity index (χ3n) is 2.85. The van der Waals surface area contributed by atoms with E-state index in [9.17, 15) is 4.79 Å². The van der Waals surface area contributed by atoms with Crippen LogP contribution in [-0.4, -0.2) is 5.91 Å². The van der Waals surface area contributed by atoms with E-state index < -0.39 is 0 Å². The van der Waals surface area contributed by atoms with Crippen molar-refractivity contribution in [3.63, 3.8) is 0 Å². The summed E-state index contributed by atoms with van der Waals surface area (Å²) >= 11 is 3.43. The van der Waals surface area contributed by atoms with E-state index in [0.29, 0.717) is 11.3 Å². The minimum absolute atomic E-state index is 0.149. The molecule has 0 aliphatic carbocycles. The van der Waals surface area contributed by atoms with Gasteiger partial charge in [-0.15, -0.1) is 0 Å². The molecule has 0 aromatic heterocycles. The van der Waals surface area contributed by atoms with E-state index >= 15 is 0 Å². The first-order chi connectivity index (χ1) is 9.10. The molecule has 0 saturated carbocycles. The van der Waals surface area contributed by atoms with Crippen LogP contribution in [0.3, 0.4) is 0 Å². The van der Waals surface area contributed by atoms with Crippen molar-refractivity contribution in [2.75, 3.05) is 11.1 Å². The summed E-state index contributed by atoms with van der Waals surface area (Å²) in [6, 6.07) is 12.8. The highest BCUT2D eigenvalue weighted by Gasteiger charge is 2.09. The Bertz CT molecular complexity index is 611. The van der Waals surface area contributed by atoms with Crippen molar-refractivity contribution >= 4 is 33.2 Å². The molecule has 0 aliphatic rings. The number of nitrogen functional groups attached to an aromatic ring is 1. The predicted octanol–water partition coefficient (Wildman–Crippen LogP) is 3.85. The number of hydrogen-bond acceptors (Lipinski definition) is 2. The lowest BCUT2D eigenvalue weighted by atomic mass is 10.1. The first-order valence-electron chi connectivity index (χ1n) is 6.05. The lowest BCUT2D eigenvalue weighted by Gasteiger charge is -2.10. The summed E-state index contributed by atoms with van der Waals surface area (Å²) in [5.74, 6) is -0.149. The van der Waals surface area contributed by atoms with Gasteiger partial charge in [0.05, 0.1) is 0 Å². The number of aryl methyl sites for hydroxylation is 1. The zero-order chi connectivity index (χ0) is 13.8. The van der Waals surface area contributed by atoms with Gasteiger partial charge in [0.2, 0.25) is 0 Å². The molecular formula is C15H15BrN2O. The molecule has 0 saturated heterocycles. The Balaban J connectivity index is 2.24. The molecule has 2 aromatic carbocycles. The maximum absolute atomic E-state index is 12.1. The Morgan fingerprint density at radius 3 is 2.74 bits per heavy atom. The number of carbonyl (C=O) groups excluding carboxylic acids is 1. The summed E-state index contributed by atoms with van der Waals surface area (Å²) in [4.78, 5) is 12.1. The van der Waals surface area contributed by atoms with E-state index in [-0.39, 0.29) is 5.91 Å². The molecule has 0 spiro atoms. The molecule has 4 heteroatoms. The molecule has 2 aromatic rings. The molecule has 19 heavy (non-hydrogen) atoms. The molecule has 3 nitrogen and oxygen atoms in total. The van der Waals surface area contributed by atoms with E-state index in [4.69, 9.17) is 5.73 Å². The summed E-state index contributed by atoms with van der Waals surface area (Å²) in [5, 5.41) is 2.92. The summed E-state index contributed by atoms with van der Waals surface area (Å²) in [6.45, 7) is 2.05. The number of nitrogens with two attached hydrogens (primary N) is 1. The van der Waals surface area contributed by atoms with Crippen molar-refractivity contribution in [1.82, 2.24) is 0 Å². The second kappa shape index (κ2) is 5.89. The summed E-state index contributed by atoms with van der Waals surface area (Å²) in [5.41, 5.74) is 8.74. The zero-order valence-corrected chi connectivity index (χ0v) is 12.2. The monoisotopic (exact) mass is 318 g/mol. The maximum Gasteiger partial charge on any atom is 0.255 e. The van der Waals surface area contributed by atoms with Crippen molar-refractivity contribution < 1.29 is 4.79 Å². The zero-order valence-electron chi connectivity index (χ0n) is 10.6. The van der Waals surface area contributed by atoms with Crippen molar-refractivity contribution in [3.05, 3.63) is 58.1 Å². The second-order valence-corrected chi connectivity index (χ2v) is 5.15. The number of anilines is 2. The van der Waals surface area contributed by atoms with Gasteiger partial charge in [-0.1, -0.05) is 28.9 Å². The van der Waals surface area contributed by atoms with E-state index in [2.05, 4.69) is 28.2 Å². The van der Waals surface area contributed by atoms with Crippen molar-refractivity contribution in [3.8, 4) is 0 Å². The van der Waals surface area contributed by atoms with Crippen LogP contribution in [0, 0.1) is 0 Å². The number of hydrogen-bond donors (Lipinski definition) is 2. The quantitative estimate of drug-likeness (QED) is 0.845. The molecule has 3 N–H and O–H groups in total. The van der Waals surface area contributed by atoms with Crippen LogP contribution >= 0.6 is 15.9 Å². The molecule has 0 bridgehead atoms. The summed E-state index contributed by atoms with van der Waals surface area (Å²) in [7, 11) is 0. The smallest absolute Gasteiger partial charge is 0.255 e. The van der Waals surface area contributed by atoms with Crippen LogP contribution in [-0.2, 0) is 6.42 Å². The first kappa shape index (κ1) is 13.6. The Kier molecular flexibility index (Phi) is 4.22. The molecule has 1 amide bonds. The minimum Gasteiger partial charge on any atom is -0.399 e. The number of nitrogens with one attached hydrogen (secondary N) is 1. The Morgan fingerprint density at radius 1 is 1.26 bits per heavy atom. The third kappa shape index (κ3) is 3.35. The van der Waals surface area contributed by atoms with Gasteiger partial charge in [-0.2, -0.15) is 0 Å². The van der Waals surface area contributed by atoms with Crippen LogP contribution in [0.2, 0.25) is 0 Å². The van der Waals surface area contributed by atoms with Gasteiger partial charge in [0, 0.05) is 21.4 Å². The number of carbonyl (C=O) groups is 1. The van der Waals surface area contributed by atoms with Crippen LogP contribution in [0.1, 0.15) is 22.8 Å². The van der Waals surface area contributed by atoms with Gasteiger partial charge in [0.15, 0.2) is 0 Å². The van der Waals surface area contributed by atoms with Gasteiger partial charge >= 0.3 is 0 Å². The van der Waals surface area contributed by atoms with E-state index in [0.717, 1.165) is 22.1 Å². The van der Waals surface area contributed by atoms with Crippen molar-refractivity contribution in [2.24, 2.45) is 0 Å². The first-order valence-corrected chi connectivity index (χ1v) is 6.84. The lowest BCUT2D eigenvalue weighted by molar-refractivity contribution is 0.102. The minimum atomic E-state index is -0.149. The highest BCUT2D eigenvalue weighted by atomic mass is 79.9. The van der Waals surface area contributed by atoms with E-state index in [1.54, 1.807) is 24.3 Å². The molecule has 0 heterocycles. The van der Waals surface area contributed by atoms with Crippen LogP contribution in [0.4, 0.5) is 11.4 Å². The predicted molar refractivity (Wildman–Crippen MR) is 82.3 cm³/mol. The Morgan fingerprint density at radius 2 is 2.05 bits per heavy atom. The van der Waals surface area contributed by atoms with Gasteiger partial charge < -0.3 is 11.1 Å². The fourth-order valence-corrected chi connectivity index (χ4v) is 2.26. The Labute approximate surface area is 121 Å². The van der Waals surface area contributed by atoms with Crippen LogP contribution < -0.4 is 11.1 Å². The summed E-state index contributed by atoms with van der Waals surface area (Å²) in [6.07, 6.45) is 0.853. The number of rotatable bonds is 3. The van der Waals surface area contributed by atoms with Gasteiger partial charge in [-0.3, -0.25) is 4.79 Å². The molecule has 2 rings (SSSR count). The van der Waals surface area contributed by atoms with Crippen LogP contribution in [0.5, 0.6) is 0 Å². The number of halogens is 1. The molecule has 0 atom stereocenters. The average molecular weight is 319 g/mol. The molecule has 0 fully saturated rings. The SMILES string of the molecule is CCc1cc(Br)ccc1NC(=O)c1cccc(N)c1. The topological polar surface area (TPSA) is 55.1 Å². The molecule has 0 unspecified atom stereocenters. The molecule has 0 aliphatic heterocycles. The second-order valence-electron chi connectivity index (χ2n) is 4.23. The third-order valence-corrected chi connectivity index (χ3v) is 3.34. The number of amides is 1. The number of benzene rings is 2. The van der Waals surface area contributed by atoms with Crippen LogP contribution in [0.25, 0.3) is 0 Å². The van der Waals surface area contributed by atoms with Gasteiger partial charge in [-0.25, -0.2) is 0 Å². The van der Waals surface area contributed by atoms with Crippen molar-refractivity contribution in [1.29, 1.82) is 0 Å². The average Bonchev–Trinajstić information content (AvgIpc) is 2.40. The van der Waals surface area contributed by atoms with E-state index in [1.807, 2.05) is 18.2 Å². The van der Waals surface area contributed by atoms with Crippen LogP contribution in [0.15, 0.2) is 46.9 Å². The van der Waals surface area contributed by atoms with Gasteiger partial charge in [0.25, 0.3) is 5.91 Å². The van der Waals surface area contributed by atoms with Gasteiger partial charge in [-0.05, 0) is 48.4 Å². The molecule has 98 valence electrons. The standard InChI is InChI=1S/C15H15BrN2O/c1-2-10-8-12(16)6-7-14(10)18-15(19)11-4-3-5-13(17)9-11/h3-9H,2,17H2,1H3,(H,18,19). The summed E-state index contributed by atoms with van der Waals surface area (Å²) < 4.78 is 1.01. The molecule has 0 radical (unpaired) electrons. The fourth-order valence-electron chi connectivity index (χ4n) is 1.85. The highest BCUT2D eigenvalue weighted by molar-refractivity contribution is 9.10. The maximum atomic E-state index is 12.1. The highest BCUT2D eigenvalue weighted by Crippen LogP contribution is 2.22. The Hall–Kier alpha value is -1.81. The van der Waals surface area contributed by atoms with E-state index in [1.165, 1.54) is 0 Å². The van der Waals surface area contributed by atoms with Crippen molar-refractivity contribution in [2.45, 2.75) is 13.3 Å². The normalized spacial score (nSPS) is 10.2. The largest absolute Gasteiger partial charge is 0.399 e. The van der Waals surface area contributed by atoms with Gasteiger partial charge in [0.1, 0.15) is 0 Å². The molecular weight excluding hydrogens is 304 g/mol. The fraction of sp³-hybridized carbons (Fsp3) is 0.133.